The van der Waals surface area contributed by atoms with Gasteiger partial charge in [0.2, 0.25) is 5.91 Å². The lowest BCUT2D eigenvalue weighted by molar-refractivity contribution is -0.131. The number of pyridine rings is 1. The van der Waals surface area contributed by atoms with Crippen molar-refractivity contribution in [1.82, 2.24) is 4.98 Å². The van der Waals surface area contributed by atoms with Crippen molar-refractivity contribution >= 4 is 39.7 Å². The largest absolute Gasteiger partial charge is 0.478 e. The molecule has 1 aliphatic carbocycles. The van der Waals surface area contributed by atoms with E-state index in [4.69, 9.17) is 5.11 Å². The molecule has 1 heterocycles. The Morgan fingerprint density at radius 2 is 1.86 bits per heavy atom. The average molecular weight is 443 g/mol. The molecule has 6 heteroatoms. The van der Waals surface area contributed by atoms with E-state index in [-0.39, 0.29) is 5.91 Å². The minimum atomic E-state index is -1.02. The van der Waals surface area contributed by atoms with Gasteiger partial charge in [-0.3, -0.25) is 4.79 Å². The van der Waals surface area contributed by atoms with Crippen molar-refractivity contribution in [3.63, 3.8) is 0 Å². The summed E-state index contributed by atoms with van der Waals surface area (Å²) in [5.74, 6) is -0.585. The van der Waals surface area contributed by atoms with Gasteiger partial charge < -0.3 is 10.4 Å². The Morgan fingerprint density at radius 1 is 1.14 bits per heavy atom. The van der Waals surface area contributed by atoms with Crippen LogP contribution in [0.5, 0.6) is 0 Å². The Bertz CT molecular complexity index is 872. The summed E-state index contributed by atoms with van der Waals surface area (Å²) in [7, 11) is 0. The number of anilines is 1. The fraction of sp³-hybridized carbons (Fsp3) is 0.318. The number of carboxylic acids is 1. The van der Waals surface area contributed by atoms with Gasteiger partial charge in [0.1, 0.15) is 5.82 Å². The van der Waals surface area contributed by atoms with Crippen molar-refractivity contribution in [2.45, 2.75) is 38.5 Å². The van der Waals surface area contributed by atoms with E-state index in [2.05, 4.69) is 38.4 Å². The number of hydrogen-bond acceptors (Lipinski definition) is 3. The molecule has 0 atom stereocenters. The molecule has 0 spiro atoms. The van der Waals surface area contributed by atoms with Crippen LogP contribution in [0, 0.1) is 5.41 Å². The van der Waals surface area contributed by atoms with Crippen LogP contribution in [0.15, 0.2) is 53.1 Å². The van der Waals surface area contributed by atoms with Crippen LogP contribution in [0.4, 0.5) is 5.82 Å². The molecule has 1 amide bonds. The minimum absolute atomic E-state index is 0.0121. The highest BCUT2D eigenvalue weighted by molar-refractivity contribution is 9.10. The van der Waals surface area contributed by atoms with Crippen LogP contribution in [-0.4, -0.2) is 22.0 Å². The van der Waals surface area contributed by atoms with Crippen LogP contribution in [-0.2, 0) is 16.0 Å². The van der Waals surface area contributed by atoms with Crippen LogP contribution in [0.3, 0.4) is 0 Å². The van der Waals surface area contributed by atoms with Gasteiger partial charge in [-0.2, -0.15) is 0 Å². The summed E-state index contributed by atoms with van der Waals surface area (Å²) in [5.41, 5.74) is 1.38. The van der Waals surface area contributed by atoms with Crippen molar-refractivity contribution in [2.24, 2.45) is 5.41 Å². The summed E-state index contributed by atoms with van der Waals surface area (Å²) in [6, 6.07) is 11.5. The standard InChI is InChI=1S/C22H23BrN2O3/c23-18-7-4-17(5-8-18)15-22(11-2-1-3-12-22)21(28)25-19-14-16(10-13-24-19)6-9-20(26)27/h4-10,13-14H,1-3,11-12,15H2,(H,26,27)(H,24,25,28)/b9-6+. The molecule has 2 N–H and O–H groups in total. The number of benzene rings is 1. The third-order valence-corrected chi connectivity index (χ3v) is 5.72. The number of amides is 1. The molecular formula is C22H23BrN2O3. The molecule has 3 rings (SSSR count). The molecule has 5 nitrogen and oxygen atoms in total. The molecule has 2 aromatic rings. The molecule has 0 unspecified atom stereocenters. The first-order valence-corrected chi connectivity index (χ1v) is 10.2. The maximum atomic E-state index is 13.3. The number of rotatable bonds is 6. The lowest BCUT2D eigenvalue weighted by atomic mass is 9.69. The Labute approximate surface area is 173 Å². The zero-order valence-electron chi connectivity index (χ0n) is 15.5. The van der Waals surface area contributed by atoms with Crippen LogP contribution in [0.2, 0.25) is 0 Å². The smallest absolute Gasteiger partial charge is 0.328 e. The number of nitrogens with one attached hydrogen (secondary N) is 1. The van der Waals surface area contributed by atoms with Gasteiger partial charge in [0.05, 0.1) is 5.41 Å². The molecule has 0 saturated heterocycles. The van der Waals surface area contributed by atoms with E-state index in [1.54, 1.807) is 18.3 Å². The summed E-state index contributed by atoms with van der Waals surface area (Å²) in [6.07, 6.45) is 9.76. The Balaban J connectivity index is 1.79. The molecule has 1 aliphatic rings. The van der Waals surface area contributed by atoms with E-state index in [1.165, 1.54) is 6.08 Å². The van der Waals surface area contributed by atoms with E-state index >= 15 is 0 Å². The third-order valence-electron chi connectivity index (χ3n) is 5.19. The second-order valence-electron chi connectivity index (χ2n) is 7.24. The third kappa shape index (κ3) is 5.29. The Morgan fingerprint density at radius 3 is 2.54 bits per heavy atom. The van der Waals surface area contributed by atoms with Gasteiger partial charge in [0, 0.05) is 16.7 Å². The molecule has 1 aromatic heterocycles. The molecule has 1 aromatic carbocycles. The van der Waals surface area contributed by atoms with Gasteiger partial charge in [-0.1, -0.05) is 47.3 Å². The van der Waals surface area contributed by atoms with Crippen molar-refractivity contribution in [2.75, 3.05) is 5.32 Å². The zero-order valence-corrected chi connectivity index (χ0v) is 17.1. The van der Waals surface area contributed by atoms with Crippen molar-refractivity contribution < 1.29 is 14.7 Å². The average Bonchev–Trinajstić information content (AvgIpc) is 2.69. The first-order valence-electron chi connectivity index (χ1n) is 9.40. The van der Waals surface area contributed by atoms with Crippen LogP contribution >= 0.6 is 15.9 Å². The topological polar surface area (TPSA) is 79.3 Å². The summed E-state index contributed by atoms with van der Waals surface area (Å²) in [6.45, 7) is 0. The van der Waals surface area contributed by atoms with E-state index in [0.717, 1.165) is 48.2 Å². The fourth-order valence-electron chi connectivity index (χ4n) is 3.74. The van der Waals surface area contributed by atoms with Gasteiger partial charge in [-0.15, -0.1) is 0 Å². The predicted octanol–water partition coefficient (Wildman–Crippen LogP) is 5.07. The van der Waals surface area contributed by atoms with Gasteiger partial charge in [-0.25, -0.2) is 9.78 Å². The van der Waals surface area contributed by atoms with Crippen LogP contribution < -0.4 is 5.32 Å². The highest BCUT2D eigenvalue weighted by Gasteiger charge is 2.39. The molecule has 0 radical (unpaired) electrons. The second kappa shape index (κ2) is 9.15. The highest BCUT2D eigenvalue weighted by Crippen LogP contribution is 2.40. The van der Waals surface area contributed by atoms with Gasteiger partial charge in [0.25, 0.3) is 0 Å². The van der Waals surface area contributed by atoms with Gasteiger partial charge in [-0.05, 0) is 60.7 Å². The lowest BCUT2D eigenvalue weighted by Crippen LogP contribution is -2.40. The molecule has 1 saturated carbocycles. The first kappa shape index (κ1) is 20.3. The molecule has 146 valence electrons. The zero-order chi connectivity index (χ0) is 20.0. The van der Waals surface area contributed by atoms with Crippen LogP contribution in [0.25, 0.3) is 6.08 Å². The maximum absolute atomic E-state index is 13.3. The molecular weight excluding hydrogens is 420 g/mol. The summed E-state index contributed by atoms with van der Waals surface area (Å²) in [4.78, 5) is 28.2. The molecule has 0 bridgehead atoms. The normalized spacial score (nSPS) is 16.0. The number of hydrogen-bond donors (Lipinski definition) is 2. The number of nitrogens with zero attached hydrogens (tertiary/aromatic N) is 1. The highest BCUT2D eigenvalue weighted by atomic mass is 79.9. The monoisotopic (exact) mass is 442 g/mol. The van der Waals surface area contributed by atoms with Crippen molar-refractivity contribution in [3.05, 3.63) is 64.3 Å². The van der Waals surface area contributed by atoms with Crippen molar-refractivity contribution in [1.29, 1.82) is 0 Å². The summed E-state index contributed by atoms with van der Waals surface area (Å²) in [5, 5.41) is 11.7. The van der Waals surface area contributed by atoms with Gasteiger partial charge in [0.15, 0.2) is 0 Å². The maximum Gasteiger partial charge on any atom is 0.328 e. The molecule has 1 fully saturated rings. The molecule has 0 aliphatic heterocycles. The SMILES string of the molecule is O=C(O)/C=C/c1ccnc(NC(=O)C2(Cc3ccc(Br)cc3)CCCCC2)c1. The lowest BCUT2D eigenvalue weighted by Gasteiger charge is -2.36. The van der Waals surface area contributed by atoms with Crippen LogP contribution in [0.1, 0.15) is 43.2 Å². The van der Waals surface area contributed by atoms with E-state index < -0.39 is 11.4 Å². The summed E-state index contributed by atoms with van der Waals surface area (Å²) >= 11 is 3.46. The number of carbonyl (C=O) groups excluding carboxylic acids is 1. The molecule has 28 heavy (non-hydrogen) atoms. The number of carbonyl (C=O) groups is 2. The predicted molar refractivity (Wildman–Crippen MR) is 113 cm³/mol. The second-order valence-corrected chi connectivity index (χ2v) is 8.16. The van der Waals surface area contributed by atoms with E-state index in [0.29, 0.717) is 17.8 Å². The quantitative estimate of drug-likeness (QED) is 0.611. The number of carboxylic acid groups (broad SMARTS) is 1. The van der Waals surface area contributed by atoms with Gasteiger partial charge >= 0.3 is 5.97 Å². The van der Waals surface area contributed by atoms with Crippen molar-refractivity contribution in [3.8, 4) is 0 Å². The number of aliphatic carboxylic acids is 1. The van der Waals surface area contributed by atoms with E-state index in [1.807, 2.05) is 12.1 Å². The first-order chi connectivity index (χ1) is 13.5. The fourth-order valence-corrected chi connectivity index (χ4v) is 4.01. The summed E-state index contributed by atoms with van der Waals surface area (Å²) < 4.78 is 1.02. The Kier molecular flexibility index (Phi) is 6.62. The number of aromatic nitrogens is 1. The van der Waals surface area contributed by atoms with E-state index in [9.17, 15) is 9.59 Å². The minimum Gasteiger partial charge on any atom is -0.478 e. The Hall–Kier alpha value is -2.47. The number of halogens is 1.